The fourth-order valence-electron chi connectivity index (χ4n) is 2.47. The molecule has 0 saturated carbocycles. The molecule has 2 amide bonds. The number of esters is 1. The quantitative estimate of drug-likeness (QED) is 0.595. The lowest BCUT2D eigenvalue weighted by Gasteiger charge is -2.26. The second-order valence-electron chi connectivity index (χ2n) is 5.31. The number of fused-ring (bicyclic) bond motifs is 1. The van der Waals surface area contributed by atoms with Gasteiger partial charge >= 0.3 is 12.0 Å². The molecule has 1 aliphatic heterocycles. The Kier molecular flexibility index (Phi) is 5.51. The summed E-state index contributed by atoms with van der Waals surface area (Å²) >= 11 is 8.99. The van der Waals surface area contributed by atoms with E-state index in [9.17, 15) is 9.59 Å². The van der Waals surface area contributed by atoms with Crippen LogP contribution in [0.2, 0.25) is 5.02 Å². The van der Waals surface area contributed by atoms with E-state index in [2.05, 4.69) is 15.6 Å². The Bertz CT molecular complexity index is 865. The summed E-state index contributed by atoms with van der Waals surface area (Å²) in [6, 6.07) is 4.84. The van der Waals surface area contributed by atoms with E-state index >= 15 is 0 Å². The summed E-state index contributed by atoms with van der Waals surface area (Å²) in [5.74, 6) is -0.00592. The van der Waals surface area contributed by atoms with Crippen LogP contribution in [0.5, 0.6) is 0 Å². The van der Waals surface area contributed by atoms with Crippen molar-refractivity contribution in [3.05, 3.63) is 34.5 Å². The second-order valence-corrected chi connectivity index (χ2v) is 8.00. The van der Waals surface area contributed by atoms with E-state index in [4.69, 9.17) is 16.3 Å². The molecule has 6 nitrogen and oxygen atoms in total. The van der Waals surface area contributed by atoms with Gasteiger partial charge in [0.05, 0.1) is 28.4 Å². The van der Waals surface area contributed by atoms with E-state index in [-0.39, 0.29) is 12.6 Å². The van der Waals surface area contributed by atoms with E-state index in [1.54, 1.807) is 25.2 Å². The smallest absolute Gasteiger partial charge is 0.337 e. The number of aromatic nitrogens is 1. The molecule has 0 unspecified atom stereocenters. The first kappa shape index (κ1) is 18.0. The first-order chi connectivity index (χ1) is 12.0. The lowest BCUT2D eigenvalue weighted by molar-refractivity contribution is -0.138. The van der Waals surface area contributed by atoms with Crippen molar-refractivity contribution in [2.75, 3.05) is 12.4 Å². The van der Waals surface area contributed by atoms with Crippen LogP contribution < -0.4 is 10.6 Å². The van der Waals surface area contributed by atoms with Crippen LogP contribution in [0.1, 0.15) is 13.8 Å². The van der Waals surface area contributed by atoms with Crippen molar-refractivity contribution < 1.29 is 14.3 Å². The molecule has 0 radical (unpaired) electrons. The molecule has 9 heteroatoms. The third-order valence-electron chi connectivity index (χ3n) is 3.54. The highest BCUT2D eigenvalue weighted by atomic mass is 35.5. The summed E-state index contributed by atoms with van der Waals surface area (Å²) in [5, 5.41) is 6.03. The lowest BCUT2D eigenvalue weighted by atomic mass is 10.1. The molecule has 1 aromatic heterocycles. The zero-order chi connectivity index (χ0) is 18.0. The number of carbonyl (C=O) groups excluding carboxylic acids is 2. The fourth-order valence-corrected chi connectivity index (χ4v) is 4.65. The summed E-state index contributed by atoms with van der Waals surface area (Å²) in [6.07, 6.45) is 0. The Hall–Kier alpha value is -1.77. The van der Waals surface area contributed by atoms with Crippen LogP contribution in [-0.2, 0) is 9.53 Å². The zero-order valence-electron chi connectivity index (χ0n) is 13.6. The monoisotopic (exact) mass is 397 g/mol. The lowest BCUT2D eigenvalue weighted by Crippen LogP contribution is -2.49. The van der Waals surface area contributed by atoms with Gasteiger partial charge < -0.3 is 15.4 Å². The van der Waals surface area contributed by atoms with Gasteiger partial charge in [0.2, 0.25) is 0 Å². The molecule has 2 heterocycles. The molecule has 0 bridgehead atoms. The molecule has 2 N–H and O–H groups in total. The van der Waals surface area contributed by atoms with Gasteiger partial charge in [-0.3, -0.25) is 0 Å². The van der Waals surface area contributed by atoms with E-state index in [1.165, 1.54) is 11.8 Å². The van der Waals surface area contributed by atoms with Crippen LogP contribution in [0.25, 0.3) is 10.2 Å². The van der Waals surface area contributed by atoms with Gasteiger partial charge in [0.15, 0.2) is 4.34 Å². The van der Waals surface area contributed by atoms with Crippen molar-refractivity contribution in [2.45, 2.75) is 24.2 Å². The predicted octanol–water partition coefficient (Wildman–Crippen LogP) is 3.56. The van der Waals surface area contributed by atoms with Gasteiger partial charge in [-0.15, -0.1) is 11.3 Å². The van der Waals surface area contributed by atoms with Gasteiger partial charge in [-0.05, 0) is 32.0 Å². The number of thiazole rings is 1. The first-order valence-corrected chi connectivity index (χ1v) is 9.82. The van der Waals surface area contributed by atoms with E-state index in [0.29, 0.717) is 22.0 Å². The Balaban J connectivity index is 1.82. The Labute approximate surface area is 158 Å². The van der Waals surface area contributed by atoms with Gasteiger partial charge in [-0.2, -0.15) is 0 Å². The largest absolute Gasteiger partial charge is 0.463 e. The molecule has 3 rings (SSSR count). The Morgan fingerprint density at radius 2 is 2.28 bits per heavy atom. The van der Waals surface area contributed by atoms with E-state index < -0.39 is 12.0 Å². The van der Waals surface area contributed by atoms with Crippen molar-refractivity contribution in [3.63, 3.8) is 0 Å². The van der Waals surface area contributed by atoms with Crippen molar-refractivity contribution in [1.82, 2.24) is 15.6 Å². The number of nitrogens with zero attached hydrogens (tertiary/aromatic N) is 1. The van der Waals surface area contributed by atoms with Gasteiger partial charge in [0.25, 0.3) is 0 Å². The van der Waals surface area contributed by atoms with Crippen molar-refractivity contribution >= 4 is 56.9 Å². The number of nitrogens with one attached hydrogen (secondary N) is 2. The number of amides is 2. The number of hydrogen-bond donors (Lipinski definition) is 2. The number of hydrogen-bond acceptors (Lipinski definition) is 6. The highest BCUT2D eigenvalue weighted by molar-refractivity contribution is 8.01. The number of carbonyl (C=O) groups is 2. The van der Waals surface area contributed by atoms with Gasteiger partial charge in [0.1, 0.15) is 0 Å². The summed E-state index contributed by atoms with van der Waals surface area (Å²) in [6.45, 7) is 3.79. The highest BCUT2D eigenvalue weighted by Gasteiger charge is 2.29. The summed E-state index contributed by atoms with van der Waals surface area (Å²) in [4.78, 5) is 28.5. The number of urea groups is 1. The van der Waals surface area contributed by atoms with Gasteiger partial charge in [-0.25, -0.2) is 14.6 Å². The minimum Gasteiger partial charge on any atom is -0.463 e. The molecule has 1 atom stereocenters. The molecule has 0 saturated heterocycles. The average molecular weight is 398 g/mol. The molecule has 132 valence electrons. The Morgan fingerprint density at radius 1 is 1.48 bits per heavy atom. The SMILES string of the molecule is CCOC(=O)C1=C(CSc2nc3cc(Cl)ccc3s2)NC(=O)N[C@H]1C. The maximum Gasteiger partial charge on any atom is 0.337 e. The predicted molar refractivity (Wildman–Crippen MR) is 100 cm³/mol. The van der Waals surface area contributed by atoms with Crippen LogP contribution in [0.15, 0.2) is 33.8 Å². The molecule has 0 aliphatic carbocycles. The minimum atomic E-state index is -0.422. The van der Waals surface area contributed by atoms with Gasteiger partial charge in [-0.1, -0.05) is 23.4 Å². The molecule has 2 aromatic rings. The van der Waals surface area contributed by atoms with Crippen molar-refractivity contribution in [1.29, 1.82) is 0 Å². The number of benzene rings is 1. The number of ether oxygens (including phenoxy) is 1. The zero-order valence-corrected chi connectivity index (χ0v) is 16.0. The number of thioether (sulfide) groups is 1. The highest BCUT2D eigenvalue weighted by Crippen LogP contribution is 2.32. The van der Waals surface area contributed by atoms with Crippen LogP contribution in [0, 0.1) is 0 Å². The van der Waals surface area contributed by atoms with Crippen LogP contribution in [0.4, 0.5) is 4.79 Å². The topological polar surface area (TPSA) is 80.3 Å². The summed E-state index contributed by atoms with van der Waals surface area (Å²) in [5.41, 5.74) is 1.83. The van der Waals surface area contributed by atoms with E-state index in [0.717, 1.165) is 14.6 Å². The maximum atomic E-state index is 12.2. The number of rotatable bonds is 5. The van der Waals surface area contributed by atoms with Crippen LogP contribution in [-0.4, -0.2) is 35.4 Å². The van der Waals surface area contributed by atoms with Crippen LogP contribution in [0.3, 0.4) is 0 Å². The van der Waals surface area contributed by atoms with Gasteiger partial charge in [0, 0.05) is 16.5 Å². The Morgan fingerprint density at radius 3 is 3.04 bits per heavy atom. The number of halogens is 1. The first-order valence-electron chi connectivity index (χ1n) is 7.64. The van der Waals surface area contributed by atoms with Crippen molar-refractivity contribution in [3.8, 4) is 0 Å². The minimum absolute atomic E-state index is 0.280. The second kappa shape index (κ2) is 7.63. The third kappa shape index (κ3) is 4.08. The summed E-state index contributed by atoms with van der Waals surface area (Å²) < 4.78 is 6.98. The normalized spacial score (nSPS) is 17.4. The fraction of sp³-hybridized carbons (Fsp3) is 0.312. The molecule has 0 spiro atoms. The molecule has 0 fully saturated rings. The molecule has 1 aromatic carbocycles. The standard InChI is InChI=1S/C16H16ClN3O3S2/c1-3-23-14(21)13-8(2)18-15(22)19-11(13)7-24-16-20-10-6-9(17)4-5-12(10)25-16/h4-6,8H,3,7H2,1-2H3,(H2,18,19,22)/t8-/m0/s1. The molecular weight excluding hydrogens is 382 g/mol. The van der Waals surface area contributed by atoms with E-state index in [1.807, 2.05) is 18.2 Å². The van der Waals surface area contributed by atoms with Crippen LogP contribution >= 0.6 is 34.7 Å². The average Bonchev–Trinajstić information content (AvgIpc) is 2.94. The molecule has 25 heavy (non-hydrogen) atoms. The maximum absolute atomic E-state index is 12.2. The van der Waals surface area contributed by atoms with Crippen molar-refractivity contribution in [2.24, 2.45) is 0 Å². The molecular formula is C16H16ClN3O3S2. The summed E-state index contributed by atoms with van der Waals surface area (Å²) in [7, 11) is 0. The molecule has 1 aliphatic rings. The third-order valence-corrected chi connectivity index (χ3v) is 5.98.